The van der Waals surface area contributed by atoms with Crippen molar-refractivity contribution in [3.05, 3.63) is 29.8 Å². The summed E-state index contributed by atoms with van der Waals surface area (Å²) in [6, 6.07) is 8.25. The molecule has 0 radical (unpaired) electrons. The van der Waals surface area contributed by atoms with E-state index in [1.807, 2.05) is 33.3 Å². The molecular formula is C33H63N3O5P+. The van der Waals surface area contributed by atoms with Gasteiger partial charge in [0.1, 0.15) is 13.2 Å². The van der Waals surface area contributed by atoms with Gasteiger partial charge in [-0.1, -0.05) is 102 Å². The fraction of sp³-hybridized carbons (Fsp3) is 0.788. The van der Waals surface area contributed by atoms with Gasteiger partial charge in [-0.3, -0.25) is 13.8 Å². The average molecular weight is 613 g/mol. The molecule has 0 aromatic heterocycles. The second-order valence-corrected chi connectivity index (χ2v) is 14.1. The van der Waals surface area contributed by atoms with Gasteiger partial charge in [0.15, 0.2) is 0 Å². The molecule has 42 heavy (non-hydrogen) atoms. The number of hydrogen-bond donors (Lipinski definition) is 3. The van der Waals surface area contributed by atoms with Gasteiger partial charge < -0.3 is 20.4 Å². The van der Waals surface area contributed by atoms with Gasteiger partial charge in [0.25, 0.3) is 0 Å². The molecule has 1 unspecified atom stereocenters. The number of carbonyl (C=O) groups is 1. The summed E-state index contributed by atoms with van der Waals surface area (Å²) in [4.78, 5) is 21.5. The van der Waals surface area contributed by atoms with E-state index in [0.29, 0.717) is 24.0 Å². The number of quaternary nitrogens is 1. The van der Waals surface area contributed by atoms with Gasteiger partial charge in [-0.15, -0.1) is 0 Å². The Bertz CT molecular complexity index is 845. The number of nitrogens with zero attached hydrogens (tertiary/aromatic N) is 1. The highest BCUT2D eigenvalue weighted by Crippen LogP contribution is 2.43. The molecule has 0 fully saturated rings. The van der Waals surface area contributed by atoms with E-state index < -0.39 is 7.82 Å². The number of aryl methyl sites for hydroxylation is 1. The summed E-state index contributed by atoms with van der Waals surface area (Å²) in [7, 11) is 2.13. The lowest BCUT2D eigenvalue weighted by Crippen LogP contribution is -2.37. The van der Waals surface area contributed by atoms with Crippen molar-refractivity contribution in [3.8, 4) is 0 Å². The highest BCUT2D eigenvalue weighted by Gasteiger charge is 2.22. The second kappa shape index (κ2) is 24.1. The van der Waals surface area contributed by atoms with Crippen molar-refractivity contribution in [2.24, 2.45) is 5.73 Å². The number of hydrogen-bond acceptors (Lipinski definition) is 5. The van der Waals surface area contributed by atoms with Crippen molar-refractivity contribution < 1.29 is 27.8 Å². The first-order valence-corrected chi connectivity index (χ1v) is 18.1. The summed E-state index contributed by atoms with van der Waals surface area (Å²) in [5.41, 5.74) is 7.66. The highest BCUT2D eigenvalue weighted by molar-refractivity contribution is 7.47. The van der Waals surface area contributed by atoms with Gasteiger partial charge in [0.2, 0.25) is 5.91 Å². The fourth-order valence-corrected chi connectivity index (χ4v) is 5.54. The normalized spacial score (nSPS) is 13.3. The Hall–Kier alpha value is -1.28. The third kappa shape index (κ3) is 24.2. The SMILES string of the molecule is C[N+](C)(C)CCOP(=O)(O)OCCCCCCCCCCCCCCCCCCc1ccc(NC(=O)CCCN)cc1. The fourth-order valence-electron chi connectivity index (χ4n) is 4.79. The summed E-state index contributed by atoms with van der Waals surface area (Å²) in [5, 5.41) is 2.93. The zero-order valence-corrected chi connectivity index (χ0v) is 28.0. The van der Waals surface area contributed by atoms with E-state index in [1.54, 1.807) is 0 Å². The number of carbonyl (C=O) groups excluding carboxylic acids is 1. The van der Waals surface area contributed by atoms with E-state index in [0.717, 1.165) is 37.8 Å². The maximum absolute atomic E-state index is 11.9. The van der Waals surface area contributed by atoms with Crippen LogP contribution in [0, 0.1) is 0 Å². The maximum atomic E-state index is 11.9. The van der Waals surface area contributed by atoms with Crippen LogP contribution in [0.1, 0.15) is 121 Å². The number of anilines is 1. The Morgan fingerprint density at radius 2 is 1.19 bits per heavy atom. The van der Waals surface area contributed by atoms with Crippen LogP contribution in [0.25, 0.3) is 0 Å². The molecule has 4 N–H and O–H groups in total. The lowest BCUT2D eigenvalue weighted by molar-refractivity contribution is -0.870. The van der Waals surface area contributed by atoms with Crippen LogP contribution in [-0.4, -0.2) is 62.7 Å². The Kier molecular flexibility index (Phi) is 22.2. The summed E-state index contributed by atoms with van der Waals surface area (Å²) in [6.07, 6.45) is 22.4. The van der Waals surface area contributed by atoms with Gasteiger partial charge in [0.05, 0.1) is 27.7 Å². The van der Waals surface area contributed by atoms with Gasteiger partial charge in [-0.05, 0) is 49.9 Å². The van der Waals surface area contributed by atoms with Gasteiger partial charge in [0, 0.05) is 12.1 Å². The van der Waals surface area contributed by atoms with E-state index >= 15 is 0 Å². The lowest BCUT2D eigenvalue weighted by Gasteiger charge is -2.24. The number of rotatable bonds is 28. The van der Waals surface area contributed by atoms with Crippen molar-refractivity contribution in [1.82, 2.24) is 0 Å². The number of phosphoric ester groups is 1. The number of amides is 1. The van der Waals surface area contributed by atoms with E-state index in [4.69, 9.17) is 14.8 Å². The number of nitrogens with two attached hydrogens (primary N) is 1. The topological polar surface area (TPSA) is 111 Å². The Morgan fingerprint density at radius 1 is 0.738 bits per heavy atom. The van der Waals surface area contributed by atoms with Gasteiger partial charge in [-0.25, -0.2) is 4.57 Å². The van der Waals surface area contributed by atoms with Gasteiger partial charge >= 0.3 is 7.82 Å². The molecule has 0 spiro atoms. The quantitative estimate of drug-likeness (QED) is 0.0503. The first-order chi connectivity index (χ1) is 20.1. The zero-order chi connectivity index (χ0) is 30.9. The molecule has 0 saturated carbocycles. The first kappa shape index (κ1) is 38.7. The number of nitrogens with one attached hydrogen (secondary N) is 1. The molecule has 0 aliphatic carbocycles. The monoisotopic (exact) mass is 612 g/mol. The molecule has 1 rings (SSSR count). The smallest absolute Gasteiger partial charge is 0.330 e. The van der Waals surface area contributed by atoms with Crippen LogP contribution in [0.2, 0.25) is 0 Å². The Morgan fingerprint density at radius 3 is 1.67 bits per heavy atom. The van der Waals surface area contributed by atoms with Crippen LogP contribution in [0.4, 0.5) is 5.69 Å². The molecule has 0 aliphatic heterocycles. The van der Waals surface area contributed by atoms with Crippen molar-refractivity contribution >= 4 is 19.4 Å². The standard InChI is InChI=1S/C33H62N3O5P/c1-36(2,3)28-30-41-42(38,39)40-29-19-17-15-13-11-9-7-5-4-6-8-10-12-14-16-18-21-31-23-25-32(26-24-31)35-33(37)22-20-27-34/h23-26H,4-22,27-30,34H2,1-3H3,(H-,35,37,38,39)/p+1. The van der Waals surface area contributed by atoms with E-state index in [2.05, 4.69) is 17.4 Å². The van der Waals surface area contributed by atoms with Crippen LogP contribution >= 0.6 is 7.82 Å². The van der Waals surface area contributed by atoms with Gasteiger partial charge in [-0.2, -0.15) is 0 Å². The van der Waals surface area contributed by atoms with E-state index in [9.17, 15) is 14.3 Å². The molecule has 0 heterocycles. The number of benzene rings is 1. The minimum Gasteiger partial charge on any atom is -0.330 e. The molecule has 0 bridgehead atoms. The predicted molar refractivity (Wildman–Crippen MR) is 176 cm³/mol. The third-order valence-corrected chi connectivity index (χ3v) is 8.49. The molecule has 1 amide bonds. The van der Waals surface area contributed by atoms with E-state index in [1.165, 1.54) is 89.0 Å². The maximum Gasteiger partial charge on any atom is 0.472 e. The van der Waals surface area contributed by atoms with Crippen LogP contribution in [0.15, 0.2) is 24.3 Å². The number of phosphoric acid groups is 1. The molecule has 0 aliphatic rings. The Balaban J connectivity index is 1.83. The van der Waals surface area contributed by atoms with Crippen LogP contribution in [0.5, 0.6) is 0 Å². The van der Waals surface area contributed by atoms with Crippen LogP contribution in [-0.2, 0) is 24.8 Å². The minimum absolute atomic E-state index is 0.0348. The number of likely N-dealkylation sites (N-methyl/N-ethyl adjacent to an activating group) is 1. The summed E-state index contributed by atoms with van der Waals surface area (Å²) in [5.74, 6) is 0.0348. The molecular weight excluding hydrogens is 549 g/mol. The summed E-state index contributed by atoms with van der Waals surface area (Å²) >= 11 is 0. The van der Waals surface area contributed by atoms with E-state index in [-0.39, 0.29) is 19.1 Å². The van der Waals surface area contributed by atoms with Crippen molar-refractivity contribution in [2.75, 3.05) is 52.8 Å². The number of unbranched alkanes of at least 4 members (excludes halogenated alkanes) is 15. The van der Waals surface area contributed by atoms with Crippen molar-refractivity contribution in [2.45, 2.75) is 122 Å². The molecule has 1 atom stereocenters. The predicted octanol–water partition coefficient (Wildman–Crippen LogP) is 7.99. The third-order valence-electron chi connectivity index (χ3n) is 7.48. The molecule has 244 valence electrons. The Labute approximate surface area is 257 Å². The summed E-state index contributed by atoms with van der Waals surface area (Å²) in [6.45, 7) is 1.71. The highest BCUT2D eigenvalue weighted by atomic mass is 31.2. The molecule has 1 aromatic rings. The zero-order valence-electron chi connectivity index (χ0n) is 27.1. The van der Waals surface area contributed by atoms with Crippen LogP contribution < -0.4 is 11.1 Å². The largest absolute Gasteiger partial charge is 0.472 e. The first-order valence-electron chi connectivity index (χ1n) is 16.6. The molecule has 8 nitrogen and oxygen atoms in total. The average Bonchev–Trinajstić information content (AvgIpc) is 2.93. The molecule has 0 saturated heterocycles. The van der Waals surface area contributed by atoms with Crippen LogP contribution in [0.3, 0.4) is 0 Å². The second-order valence-electron chi connectivity index (χ2n) is 12.7. The molecule has 9 heteroatoms. The van der Waals surface area contributed by atoms with Crippen molar-refractivity contribution in [1.29, 1.82) is 0 Å². The van der Waals surface area contributed by atoms with Crippen molar-refractivity contribution in [3.63, 3.8) is 0 Å². The summed E-state index contributed by atoms with van der Waals surface area (Å²) < 4.78 is 22.6. The minimum atomic E-state index is -3.91. The lowest BCUT2D eigenvalue weighted by atomic mass is 10.0. The molecule has 1 aromatic carbocycles.